The second kappa shape index (κ2) is 67.5. The van der Waals surface area contributed by atoms with E-state index in [4.69, 9.17) is 24.3 Å². The average molecular weight is 1180 g/mol. The predicted molar refractivity (Wildman–Crippen MR) is 358 cm³/mol. The number of phosphoric acid groups is 1. The van der Waals surface area contributed by atoms with Gasteiger partial charge >= 0.3 is 19.8 Å². The second-order valence-corrected chi connectivity index (χ2v) is 23.8. The Hall–Kier alpha value is -3.59. The Morgan fingerprint density at radius 2 is 0.663 bits per heavy atom. The van der Waals surface area contributed by atoms with Crippen molar-refractivity contribution in [3.05, 3.63) is 122 Å². The van der Waals surface area contributed by atoms with Crippen molar-refractivity contribution in [1.29, 1.82) is 0 Å². The molecule has 0 aliphatic carbocycles. The summed E-state index contributed by atoms with van der Waals surface area (Å²) in [7, 11) is -4.40. The van der Waals surface area contributed by atoms with Crippen LogP contribution in [0.15, 0.2) is 122 Å². The molecule has 9 nitrogen and oxygen atoms in total. The van der Waals surface area contributed by atoms with Crippen LogP contribution >= 0.6 is 7.82 Å². The number of hydrogen-bond donors (Lipinski definition) is 2. The summed E-state index contributed by atoms with van der Waals surface area (Å²) in [4.78, 5) is 35.3. The van der Waals surface area contributed by atoms with Crippen LogP contribution in [0.5, 0.6) is 0 Å². The van der Waals surface area contributed by atoms with Crippen molar-refractivity contribution >= 4 is 19.8 Å². The van der Waals surface area contributed by atoms with Crippen molar-refractivity contribution in [3.8, 4) is 0 Å². The lowest BCUT2D eigenvalue weighted by atomic mass is 10.0. The fourth-order valence-corrected chi connectivity index (χ4v) is 10.1. The van der Waals surface area contributed by atoms with Crippen molar-refractivity contribution in [1.82, 2.24) is 0 Å². The number of phosphoric ester groups is 1. The lowest BCUT2D eigenvalue weighted by Gasteiger charge is -2.19. The highest BCUT2D eigenvalue weighted by Crippen LogP contribution is 2.43. The van der Waals surface area contributed by atoms with E-state index in [0.717, 1.165) is 103 Å². The lowest BCUT2D eigenvalue weighted by molar-refractivity contribution is -0.161. The molecule has 476 valence electrons. The fraction of sp³-hybridized carbons (Fsp3) is 0.699. The first-order valence-corrected chi connectivity index (χ1v) is 35.5. The number of nitrogens with two attached hydrogens (primary N) is 1. The Bertz CT molecular complexity index is 1770. The van der Waals surface area contributed by atoms with Crippen LogP contribution in [0.25, 0.3) is 0 Å². The number of ether oxygens (including phenoxy) is 2. The Morgan fingerprint density at radius 3 is 0.988 bits per heavy atom. The van der Waals surface area contributed by atoms with E-state index in [9.17, 15) is 19.0 Å². The molecule has 2 atom stereocenters. The van der Waals surface area contributed by atoms with Gasteiger partial charge in [-0.05, 0) is 109 Å². The Balaban J connectivity index is 3.91. The first kappa shape index (κ1) is 79.4. The molecule has 0 aliphatic rings. The predicted octanol–water partition coefficient (Wildman–Crippen LogP) is 22.3. The van der Waals surface area contributed by atoms with Gasteiger partial charge in [0.15, 0.2) is 6.10 Å². The van der Waals surface area contributed by atoms with Crippen LogP contribution in [-0.2, 0) is 32.7 Å². The molecule has 0 radical (unpaired) electrons. The standard InChI is InChI=1S/C73H126NO8P/c1-3-5-7-9-11-13-15-17-19-21-23-25-27-29-30-31-32-33-34-35-36-37-38-39-40-42-44-46-48-50-52-54-56-58-60-62-64-66-73(76)82-71(70-81-83(77,78)80-68-67-74)69-79-72(75)65-63-61-59-57-55-53-51-49-47-45-43-41-28-26-24-22-20-18-16-14-12-10-8-6-4-2/h5,7,11,13,16-19,22-25,28-30,32-33,35-36,41,71H,3-4,6,8-10,12,14-15,20-21,26-27,31,34,37-40,42-70,74H2,1-2H3,(H,77,78)/b7-5-,13-11-,18-16-,19-17-,24-22-,25-23-,30-29-,33-32-,36-35-,41-28-. The van der Waals surface area contributed by atoms with E-state index in [2.05, 4.69) is 135 Å². The minimum Gasteiger partial charge on any atom is -0.462 e. The van der Waals surface area contributed by atoms with Gasteiger partial charge in [-0.15, -0.1) is 0 Å². The van der Waals surface area contributed by atoms with E-state index < -0.39 is 26.5 Å². The quantitative estimate of drug-likeness (QED) is 0.0264. The minimum atomic E-state index is -4.40. The van der Waals surface area contributed by atoms with E-state index in [-0.39, 0.29) is 38.6 Å². The van der Waals surface area contributed by atoms with Crippen LogP contribution < -0.4 is 5.73 Å². The summed E-state index contributed by atoms with van der Waals surface area (Å²) < 4.78 is 33.2. The highest BCUT2D eigenvalue weighted by molar-refractivity contribution is 7.47. The number of rotatable bonds is 63. The molecule has 0 saturated carbocycles. The smallest absolute Gasteiger partial charge is 0.462 e. The van der Waals surface area contributed by atoms with Gasteiger partial charge in [-0.2, -0.15) is 0 Å². The van der Waals surface area contributed by atoms with E-state index in [1.807, 2.05) is 0 Å². The van der Waals surface area contributed by atoms with Gasteiger partial charge in [0.1, 0.15) is 6.61 Å². The molecule has 0 amide bonds. The molecule has 0 fully saturated rings. The van der Waals surface area contributed by atoms with E-state index in [1.54, 1.807) is 0 Å². The zero-order valence-corrected chi connectivity index (χ0v) is 54.3. The summed E-state index contributed by atoms with van der Waals surface area (Å²) in [5.74, 6) is -0.829. The molecule has 0 saturated heterocycles. The first-order valence-electron chi connectivity index (χ1n) is 34.0. The highest BCUT2D eigenvalue weighted by Gasteiger charge is 2.26. The normalized spacial score (nSPS) is 13.7. The fourth-order valence-electron chi connectivity index (χ4n) is 9.33. The Labute approximate surface area is 511 Å². The lowest BCUT2D eigenvalue weighted by Crippen LogP contribution is -2.29. The highest BCUT2D eigenvalue weighted by atomic mass is 31.2. The Kier molecular flexibility index (Phi) is 64.6. The van der Waals surface area contributed by atoms with Gasteiger partial charge in [-0.1, -0.05) is 296 Å². The van der Waals surface area contributed by atoms with E-state index >= 15 is 0 Å². The molecule has 10 heteroatoms. The van der Waals surface area contributed by atoms with Crippen molar-refractivity contribution in [2.75, 3.05) is 26.4 Å². The maximum Gasteiger partial charge on any atom is 0.472 e. The third-order valence-electron chi connectivity index (χ3n) is 14.3. The van der Waals surface area contributed by atoms with Gasteiger partial charge in [0.25, 0.3) is 0 Å². The number of esters is 2. The SMILES string of the molecule is CC/C=C\C/C=C\C/C=C\C/C=C\C/C=C\C/C=C\C/C=C\CCCCCCCCCCCCCCCCCC(=O)OC(COC(=O)CCCCCCCCCCCC/C=C\C/C=C\C/C=C\CCCCCCC)COP(=O)(O)OCCN. The molecular formula is C73H126NO8P. The van der Waals surface area contributed by atoms with Gasteiger partial charge in [0, 0.05) is 19.4 Å². The van der Waals surface area contributed by atoms with Crippen LogP contribution in [0.4, 0.5) is 0 Å². The van der Waals surface area contributed by atoms with Crippen LogP contribution in [0, 0.1) is 0 Å². The van der Waals surface area contributed by atoms with Gasteiger partial charge in [0.05, 0.1) is 13.2 Å². The average Bonchev–Trinajstić information content (AvgIpc) is 3.49. The van der Waals surface area contributed by atoms with Gasteiger partial charge in [0.2, 0.25) is 0 Å². The van der Waals surface area contributed by atoms with Gasteiger partial charge in [-0.25, -0.2) is 4.57 Å². The van der Waals surface area contributed by atoms with E-state index in [0.29, 0.717) is 6.42 Å². The maximum atomic E-state index is 12.8. The summed E-state index contributed by atoms with van der Waals surface area (Å²) in [5.41, 5.74) is 5.40. The van der Waals surface area contributed by atoms with Crippen molar-refractivity contribution in [2.45, 2.75) is 302 Å². The first-order chi connectivity index (χ1) is 40.8. The number of hydrogen-bond acceptors (Lipinski definition) is 8. The van der Waals surface area contributed by atoms with Crippen molar-refractivity contribution in [2.24, 2.45) is 5.73 Å². The molecule has 0 rings (SSSR count). The number of unbranched alkanes of at least 4 members (excludes halogenated alkanes) is 30. The summed E-state index contributed by atoms with van der Waals surface area (Å²) in [6, 6.07) is 0. The molecule has 0 spiro atoms. The topological polar surface area (TPSA) is 134 Å². The second-order valence-electron chi connectivity index (χ2n) is 22.3. The summed E-state index contributed by atoms with van der Waals surface area (Å²) in [6.45, 7) is 3.63. The van der Waals surface area contributed by atoms with E-state index in [1.165, 1.54) is 161 Å². The molecule has 0 aliphatic heterocycles. The largest absolute Gasteiger partial charge is 0.472 e. The summed E-state index contributed by atoms with van der Waals surface area (Å²) in [6.07, 6.45) is 94.2. The molecule has 0 heterocycles. The molecule has 0 bridgehead atoms. The zero-order valence-electron chi connectivity index (χ0n) is 53.4. The molecule has 83 heavy (non-hydrogen) atoms. The number of carbonyl (C=O) groups excluding carboxylic acids is 2. The number of carbonyl (C=O) groups is 2. The van der Waals surface area contributed by atoms with Crippen LogP contribution in [0.1, 0.15) is 296 Å². The molecule has 3 N–H and O–H groups in total. The third-order valence-corrected chi connectivity index (χ3v) is 15.3. The molecule has 2 unspecified atom stereocenters. The van der Waals surface area contributed by atoms with Crippen LogP contribution in [-0.4, -0.2) is 49.3 Å². The zero-order chi connectivity index (χ0) is 60.1. The van der Waals surface area contributed by atoms with Crippen molar-refractivity contribution < 1.29 is 37.6 Å². The van der Waals surface area contributed by atoms with Crippen molar-refractivity contribution in [3.63, 3.8) is 0 Å². The summed E-state index contributed by atoms with van der Waals surface area (Å²) in [5, 5.41) is 0. The van der Waals surface area contributed by atoms with Gasteiger partial charge in [-0.3, -0.25) is 18.6 Å². The molecule has 0 aromatic carbocycles. The number of allylic oxidation sites excluding steroid dienone is 20. The molecule has 0 aromatic heterocycles. The van der Waals surface area contributed by atoms with Gasteiger partial charge < -0.3 is 20.1 Å². The molecular weight excluding hydrogens is 1050 g/mol. The molecule has 0 aromatic rings. The summed E-state index contributed by atoms with van der Waals surface area (Å²) >= 11 is 0. The third kappa shape index (κ3) is 67.4. The minimum absolute atomic E-state index is 0.0488. The Morgan fingerprint density at radius 1 is 0.373 bits per heavy atom. The van der Waals surface area contributed by atoms with Crippen LogP contribution in [0.3, 0.4) is 0 Å². The monoisotopic (exact) mass is 1180 g/mol. The van der Waals surface area contributed by atoms with Crippen LogP contribution in [0.2, 0.25) is 0 Å². The maximum absolute atomic E-state index is 12.8.